The molecule has 0 aliphatic heterocycles. The summed E-state index contributed by atoms with van der Waals surface area (Å²) in [5, 5.41) is 3.29. The molecule has 0 aliphatic rings. The van der Waals surface area contributed by atoms with Gasteiger partial charge in [0, 0.05) is 5.56 Å². The summed E-state index contributed by atoms with van der Waals surface area (Å²) in [6.45, 7) is -0.109. The van der Waals surface area contributed by atoms with E-state index in [0.29, 0.717) is 11.3 Å². The summed E-state index contributed by atoms with van der Waals surface area (Å²) < 4.78 is 36.0. The molecule has 0 radical (unpaired) electrons. The van der Waals surface area contributed by atoms with Crippen molar-refractivity contribution in [3.05, 3.63) is 52.4 Å². The van der Waals surface area contributed by atoms with Crippen molar-refractivity contribution >= 4 is 15.9 Å². The van der Waals surface area contributed by atoms with E-state index in [9.17, 15) is 8.78 Å². The van der Waals surface area contributed by atoms with Crippen molar-refractivity contribution in [3.63, 3.8) is 0 Å². The summed E-state index contributed by atoms with van der Waals surface area (Å²) in [7, 11) is 0. The van der Waals surface area contributed by atoms with Crippen LogP contribution in [0.3, 0.4) is 0 Å². The van der Waals surface area contributed by atoms with Gasteiger partial charge < -0.3 is 14.5 Å². The van der Waals surface area contributed by atoms with Crippen molar-refractivity contribution in [3.8, 4) is 5.75 Å². The van der Waals surface area contributed by atoms with Gasteiger partial charge in [-0.15, -0.1) is 0 Å². The molecule has 1 aromatic carbocycles. The Balaban J connectivity index is 2.39. The Morgan fingerprint density at radius 1 is 1.29 bits per heavy atom. The number of alkyl halides is 2. The highest BCUT2D eigenvalue weighted by Crippen LogP contribution is 2.34. The van der Waals surface area contributed by atoms with Crippen LogP contribution >= 0.6 is 15.9 Å². The summed E-state index contributed by atoms with van der Waals surface area (Å²) >= 11 is 3.41. The number of furan rings is 1. The van der Waals surface area contributed by atoms with Crippen LogP contribution in [0.5, 0.6) is 5.75 Å². The van der Waals surface area contributed by atoms with Gasteiger partial charge in [0.25, 0.3) is 0 Å². The van der Waals surface area contributed by atoms with Crippen LogP contribution in [-0.2, 0) is 0 Å². The van der Waals surface area contributed by atoms with Crippen LogP contribution in [-0.4, -0.2) is 13.2 Å². The molecule has 2 rings (SSSR count). The lowest BCUT2D eigenvalue weighted by Crippen LogP contribution is -2.24. The average Bonchev–Trinajstić information content (AvgIpc) is 2.87. The van der Waals surface area contributed by atoms with Crippen molar-refractivity contribution < 1.29 is 17.9 Å². The second kappa shape index (κ2) is 7.56. The van der Waals surface area contributed by atoms with Crippen molar-refractivity contribution in [2.75, 3.05) is 6.54 Å². The monoisotopic (exact) mass is 359 g/mol. The van der Waals surface area contributed by atoms with Gasteiger partial charge in [0.05, 0.1) is 16.8 Å². The van der Waals surface area contributed by atoms with E-state index in [4.69, 9.17) is 4.42 Å². The van der Waals surface area contributed by atoms with Crippen LogP contribution in [0, 0.1) is 0 Å². The summed E-state index contributed by atoms with van der Waals surface area (Å²) in [5.41, 5.74) is 0.613. The maximum Gasteiger partial charge on any atom is 0.387 e. The van der Waals surface area contributed by atoms with E-state index < -0.39 is 6.61 Å². The first-order valence-electron chi connectivity index (χ1n) is 6.63. The van der Waals surface area contributed by atoms with Gasteiger partial charge in [-0.2, -0.15) is 8.78 Å². The van der Waals surface area contributed by atoms with Gasteiger partial charge in [-0.1, -0.05) is 25.1 Å². The Morgan fingerprint density at radius 2 is 2.05 bits per heavy atom. The highest BCUT2D eigenvalue weighted by Gasteiger charge is 2.23. The number of nitrogens with one attached hydrogen (secondary N) is 1. The fourth-order valence-electron chi connectivity index (χ4n) is 2.07. The van der Waals surface area contributed by atoms with Crippen molar-refractivity contribution in [1.82, 2.24) is 5.32 Å². The molecule has 1 aromatic heterocycles. The third-order valence-electron chi connectivity index (χ3n) is 2.95. The number of rotatable bonds is 7. The van der Waals surface area contributed by atoms with Crippen LogP contribution in [0.15, 0.2) is 45.5 Å². The number of ether oxygens (including phenoxy) is 1. The smallest absolute Gasteiger partial charge is 0.387 e. The molecular formula is C15H16BrF2NO2. The van der Waals surface area contributed by atoms with Crippen LogP contribution in [0.1, 0.15) is 30.7 Å². The van der Waals surface area contributed by atoms with Gasteiger partial charge >= 0.3 is 6.61 Å². The fraction of sp³-hybridized carbons (Fsp3) is 0.333. The predicted molar refractivity (Wildman–Crippen MR) is 79.6 cm³/mol. The number of halogens is 3. The molecule has 0 aliphatic carbocycles. The molecule has 0 bridgehead atoms. The van der Waals surface area contributed by atoms with Crippen LogP contribution in [0.2, 0.25) is 0 Å². The minimum Gasteiger partial charge on any atom is -0.466 e. The van der Waals surface area contributed by atoms with Gasteiger partial charge in [0.1, 0.15) is 11.5 Å². The summed E-state index contributed by atoms with van der Waals surface area (Å²) in [5.74, 6) is 0.776. The van der Waals surface area contributed by atoms with E-state index in [0.717, 1.165) is 17.4 Å². The van der Waals surface area contributed by atoms with E-state index in [1.54, 1.807) is 30.5 Å². The first-order valence-corrected chi connectivity index (χ1v) is 7.42. The second-order valence-electron chi connectivity index (χ2n) is 4.44. The summed E-state index contributed by atoms with van der Waals surface area (Å²) in [4.78, 5) is 0. The molecule has 114 valence electrons. The van der Waals surface area contributed by atoms with E-state index >= 15 is 0 Å². The highest BCUT2D eigenvalue weighted by atomic mass is 79.9. The van der Waals surface area contributed by atoms with Gasteiger partial charge in [0.15, 0.2) is 0 Å². The first-order chi connectivity index (χ1) is 10.1. The van der Waals surface area contributed by atoms with Gasteiger partial charge in [-0.3, -0.25) is 0 Å². The molecular weight excluding hydrogens is 344 g/mol. The van der Waals surface area contributed by atoms with Gasteiger partial charge in [-0.25, -0.2) is 0 Å². The quantitative estimate of drug-likeness (QED) is 0.775. The lowest BCUT2D eigenvalue weighted by molar-refractivity contribution is -0.0506. The Kier molecular flexibility index (Phi) is 5.76. The van der Waals surface area contributed by atoms with Gasteiger partial charge in [-0.05, 0) is 41.0 Å². The minimum atomic E-state index is -2.86. The normalized spacial score (nSPS) is 12.6. The summed E-state index contributed by atoms with van der Waals surface area (Å²) in [6.07, 6.45) is 2.46. The topological polar surface area (TPSA) is 34.4 Å². The molecule has 1 atom stereocenters. The number of benzene rings is 1. The van der Waals surface area contributed by atoms with Gasteiger partial charge in [0.2, 0.25) is 0 Å². The van der Waals surface area contributed by atoms with Crippen LogP contribution in [0.4, 0.5) is 8.78 Å². The zero-order valence-corrected chi connectivity index (χ0v) is 13.1. The predicted octanol–water partition coefficient (Wildman–Crippen LogP) is 4.73. The van der Waals surface area contributed by atoms with Crippen LogP contribution in [0.25, 0.3) is 0 Å². The zero-order chi connectivity index (χ0) is 15.2. The SMILES string of the molecule is CCCNC(c1ccccc1OC(F)F)c1occc1Br. The fourth-order valence-corrected chi connectivity index (χ4v) is 2.50. The maximum absolute atomic E-state index is 12.6. The third kappa shape index (κ3) is 4.04. The maximum atomic E-state index is 12.6. The average molecular weight is 360 g/mol. The van der Waals surface area contributed by atoms with E-state index in [-0.39, 0.29) is 11.8 Å². The van der Waals surface area contributed by atoms with E-state index in [1.807, 2.05) is 6.92 Å². The zero-order valence-electron chi connectivity index (χ0n) is 11.5. The minimum absolute atomic E-state index is 0.143. The molecule has 21 heavy (non-hydrogen) atoms. The molecule has 1 unspecified atom stereocenters. The molecule has 6 heteroatoms. The molecule has 3 nitrogen and oxygen atoms in total. The first kappa shape index (κ1) is 16.0. The Bertz CT molecular complexity index is 574. The summed E-state index contributed by atoms with van der Waals surface area (Å²) in [6, 6.07) is 8.13. The van der Waals surface area contributed by atoms with Crippen molar-refractivity contribution in [2.24, 2.45) is 0 Å². The molecule has 0 spiro atoms. The molecule has 2 aromatic rings. The number of hydrogen-bond acceptors (Lipinski definition) is 3. The second-order valence-corrected chi connectivity index (χ2v) is 5.29. The largest absolute Gasteiger partial charge is 0.466 e. The van der Waals surface area contributed by atoms with E-state index in [2.05, 4.69) is 26.0 Å². The molecule has 0 saturated carbocycles. The molecule has 0 fully saturated rings. The lowest BCUT2D eigenvalue weighted by Gasteiger charge is -2.20. The van der Waals surface area contributed by atoms with Crippen molar-refractivity contribution in [1.29, 1.82) is 0 Å². The van der Waals surface area contributed by atoms with Crippen molar-refractivity contribution in [2.45, 2.75) is 26.0 Å². The standard InChI is InChI=1S/C15H16BrF2NO2/c1-2-8-19-13(14-11(16)7-9-20-14)10-5-3-4-6-12(10)21-15(17)18/h3-7,9,13,15,19H,2,8H2,1H3. The lowest BCUT2D eigenvalue weighted by atomic mass is 10.0. The third-order valence-corrected chi connectivity index (χ3v) is 3.61. The van der Waals surface area contributed by atoms with Crippen LogP contribution < -0.4 is 10.1 Å². The Morgan fingerprint density at radius 3 is 2.67 bits per heavy atom. The molecule has 0 saturated heterocycles. The number of para-hydroxylation sites is 1. The highest BCUT2D eigenvalue weighted by molar-refractivity contribution is 9.10. The number of hydrogen-bond donors (Lipinski definition) is 1. The molecule has 1 N–H and O–H groups in total. The Hall–Kier alpha value is -1.40. The molecule has 0 amide bonds. The van der Waals surface area contributed by atoms with E-state index in [1.165, 1.54) is 6.07 Å². The molecule has 1 heterocycles. The Labute approximate surface area is 130 Å².